The first-order chi connectivity index (χ1) is 9.06. The van der Waals surface area contributed by atoms with Crippen LogP contribution in [0.3, 0.4) is 0 Å². The average molecular weight is 258 g/mol. The molecule has 0 atom stereocenters. The van der Waals surface area contributed by atoms with Crippen molar-refractivity contribution in [3.63, 3.8) is 0 Å². The van der Waals surface area contributed by atoms with E-state index in [1.165, 1.54) is 36.4 Å². The Morgan fingerprint density at radius 1 is 1.11 bits per heavy atom. The summed E-state index contributed by atoms with van der Waals surface area (Å²) in [5, 5.41) is 18.6. The van der Waals surface area contributed by atoms with E-state index in [-0.39, 0.29) is 11.3 Å². The molecule has 0 aliphatic carbocycles. The van der Waals surface area contributed by atoms with Gasteiger partial charge in [0.15, 0.2) is 0 Å². The van der Waals surface area contributed by atoms with Gasteiger partial charge >= 0.3 is 5.97 Å². The van der Waals surface area contributed by atoms with E-state index in [0.717, 1.165) is 0 Å². The van der Waals surface area contributed by atoms with Gasteiger partial charge in [0.2, 0.25) is 0 Å². The topological polar surface area (TPSA) is 57.5 Å². The van der Waals surface area contributed by atoms with Crippen LogP contribution in [0, 0.1) is 5.82 Å². The van der Waals surface area contributed by atoms with Crippen molar-refractivity contribution in [3.05, 3.63) is 65.5 Å². The zero-order chi connectivity index (χ0) is 13.8. The Bertz CT molecular complexity index is 647. The summed E-state index contributed by atoms with van der Waals surface area (Å²) < 4.78 is 13.1. The van der Waals surface area contributed by atoms with E-state index >= 15 is 0 Å². The summed E-state index contributed by atoms with van der Waals surface area (Å²) in [6.07, 6.45) is 1.36. The highest BCUT2D eigenvalue weighted by atomic mass is 19.1. The lowest BCUT2D eigenvalue weighted by Crippen LogP contribution is -1.99. The van der Waals surface area contributed by atoms with Crippen molar-refractivity contribution >= 4 is 17.6 Å². The lowest BCUT2D eigenvalue weighted by atomic mass is 10.0. The summed E-state index contributed by atoms with van der Waals surface area (Å²) in [5.41, 5.74) is 0.791. The van der Waals surface area contributed by atoms with Gasteiger partial charge in [-0.1, -0.05) is 24.3 Å². The van der Waals surface area contributed by atoms with Crippen molar-refractivity contribution < 1.29 is 19.4 Å². The number of phenols is 1. The second kappa shape index (κ2) is 5.35. The number of carboxylic acid groups (broad SMARTS) is 1. The molecule has 0 aliphatic rings. The Hall–Kier alpha value is -2.62. The molecule has 0 amide bonds. The fourth-order valence-corrected chi connectivity index (χ4v) is 1.71. The minimum absolute atomic E-state index is 0.0125. The van der Waals surface area contributed by atoms with Crippen LogP contribution < -0.4 is 0 Å². The molecule has 0 fully saturated rings. The standard InChI is InChI=1S/C15H11FO3/c16-12-5-1-3-10(7-12)8-14(15(18)19)11-4-2-6-13(17)9-11/h1-9,17H,(H,18,19)/b14-8-. The monoisotopic (exact) mass is 258 g/mol. The second-order valence-corrected chi connectivity index (χ2v) is 3.97. The third-order valence-electron chi connectivity index (χ3n) is 2.55. The average Bonchev–Trinajstić information content (AvgIpc) is 2.35. The lowest BCUT2D eigenvalue weighted by molar-refractivity contribution is -0.130. The van der Waals surface area contributed by atoms with E-state index in [4.69, 9.17) is 0 Å². The molecule has 4 heteroatoms. The number of carbonyl (C=O) groups is 1. The molecule has 3 nitrogen and oxygen atoms in total. The maximum Gasteiger partial charge on any atom is 0.336 e. The summed E-state index contributed by atoms with van der Waals surface area (Å²) in [7, 11) is 0. The molecule has 0 radical (unpaired) electrons. The molecule has 2 aromatic rings. The first-order valence-corrected chi connectivity index (χ1v) is 5.56. The van der Waals surface area contributed by atoms with Gasteiger partial charge in [0, 0.05) is 0 Å². The smallest absolute Gasteiger partial charge is 0.336 e. The Balaban J connectivity index is 2.49. The van der Waals surface area contributed by atoms with E-state index < -0.39 is 11.8 Å². The van der Waals surface area contributed by atoms with Gasteiger partial charge in [-0.2, -0.15) is 0 Å². The van der Waals surface area contributed by atoms with E-state index in [0.29, 0.717) is 11.1 Å². The molecule has 96 valence electrons. The molecule has 19 heavy (non-hydrogen) atoms. The van der Waals surface area contributed by atoms with E-state index in [1.54, 1.807) is 18.2 Å². The molecule has 0 saturated carbocycles. The van der Waals surface area contributed by atoms with Crippen LogP contribution in [0.2, 0.25) is 0 Å². The fourth-order valence-electron chi connectivity index (χ4n) is 1.71. The first-order valence-electron chi connectivity index (χ1n) is 5.56. The van der Waals surface area contributed by atoms with Crippen LogP contribution in [0.1, 0.15) is 11.1 Å². The number of hydrogen-bond acceptors (Lipinski definition) is 2. The highest BCUT2D eigenvalue weighted by Crippen LogP contribution is 2.22. The zero-order valence-corrected chi connectivity index (χ0v) is 9.88. The number of aromatic hydroxyl groups is 1. The minimum atomic E-state index is -1.14. The van der Waals surface area contributed by atoms with Gasteiger partial charge in [-0.25, -0.2) is 9.18 Å². The van der Waals surface area contributed by atoms with E-state index in [1.807, 2.05) is 0 Å². The first kappa shape index (κ1) is 12.8. The van der Waals surface area contributed by atoms with Crippen LogP contribution in [0.4, 0.5) is 4.39 Å². The molecule has 2 N–H and O–H groups in total. The van der Waals surface area contributed by atoms with E-state index in [2.05, 4.69) is 0 Å². The van der Waals surface area contributed by atoms with Crippen LogP contribution >= 0.6 is 0 Å². The molecule has 2 rings (SSSR count). The summed E-state index contributed by atoms with van der Waals surface area (Å²) in [6, 6.07) is 11.5. The van der Waals surface area contributed by atoms with Gasteiger partial charge in [-0.3, -0.25) is 0 Å². The minimum Gasteiger partial charge on any atom is -0.508 e. The predicted molar refractivity (Wildman–Crippen MR) is 70.0 cm³/mol. The van der Waals surface area contributed by atoms with Gasteiger partial charge < -0.3 is 10.2 Å². The largest absolute Gasteiger partial charge is 0.508 e. The molecular formula is C15H11FO3. The summed E-state index contributed by atoms with van der Waals surface area (Å²) in [5.74, 6) is -1.60. The summed E-state index contributed by atoms with van der Waals surface area (Å²) in [6.45, 7) is 0. The summed E-state index contributed by atoms with van der Waals surface area (Å²) in [4.78, 5) is 11.3. The molecular weight excluding hydrogens is 247 g/mol. The number of aliphatic carboxylic acids is 1. The number of rotatable bonds is 3. The number of halogens is 1. The van der Waals surface area contributed by atoms with Crippen molar-refractivity contribution in [3.8, 4) is 5.75 Å². The quantitative estimate of drug-likeness (QED) is 0.656. The van der Waals surface area contributed by atoms with Crippen LogP contribution in [0.5, 0.6) is 5.75 Å². The third kappa shape index (κ3) is 3.19. The molecule has 0 saturated heterocycles. The Kier molecular flexibility index (Phi) is 3.61. The number of carboxylic acids is 1. The fraction of sp³-hybridized carbons (Fsp3) is 0. The van der Waals surface area contributed by atoms with Crippen LogP contribution in [0.25, 0.3) is 11.6 Å². The predicted octanol–water partition coefficient (Wildman–Crippen LogP) is 3.16. The molecule has 0 bridgehead atoms. The summed E-state index contributed by atoms with van der Waals surface area (Å²) >= 11 is 0. The molecule has 0 heterocycles. The highest BCUT2D eigenvalue weighted by molar-refractivity contribution is 6.20. The van der Waals surface area contributed by atoms with Gasteiger partial charge in [-0.15, -0.1) is 0 Å². The Labute approximate surface area is 109 Å². The molecule has 0 aromatic heterocycles. The van der Waals surface area contributed by atoms with Gasteiger partial charge in [0.25, 0.3) is 0 Å². The lowest BCUT2D eigenvalue weighted by Gasteiger charge is -2.04. The zero-order valence-electron chi connectivity index (χ0n) is 9.88. The SMILES string of the molecule is O=C(O)/C(=C\c1cccc(F)c1)c1cccc(O)c1. The number of phenolic OH excluding ortho intramolecular Hbond substituents is 1. The van der Waals surface area contributed by atoms with Crippen molar-refractivity contribution in [1.29, 1.82) is 0 Å². The maximum atomic E-state index is 13.1. The van der Waals surface area contributed by atoms with Crippen molar-refractivity contribution in [2.75, 3.05) is 0 Å². The van der Waals surface area contributed by atoms with Crippen molar-refractivity contribution in [1.82, 2.24) is 0 Å². The van der Waals surface area contributed by atoms with Crippen molar-refractivity contribution in [2.24, 2.45) is 0 Å². The van der Waals surface area contributed by atoms with E-state index in [9.17, 15) is 19.4 Å². The van der Waals surface area contributed by atoms with Gasteiger partial charge in [0.1, 0.15) is 11.6 Å². The normalized spacial score (nSPS) is 11.3. The Morgan fingerprint density at radius 3 is 2.47 bits per heavy atom. The number of benzene rings is 2. The molecule has 0 unspecified atom stereocenters. The van der Waals surface area contributed by atoms with Gasteiger partial charge in [-0.05, 0) is 41.5 Å². The molecule has 2 aromatic carbocycles. The van der Waals surface area contributed by atoms with Crippen LogP contribution in [0.15, 0.2) is 48.5 Å². The highest BCUT2D eigenvalue weighted by Gasteiger charge is 2.11. The van der Waals surface area contributed by atoms with Gasteiger partial charge in [0.05, 0.1) is 5.57 Å². The van der Waals surface area contributed by atoms with Crippen molar-refractivity contribution in [2.45, 2.75) is 0 Å². The third-order valence-corrected chi connectivity index (χ3v) is 2.55. The second-order valence-electron chi connectivity index (χ2n) is 3.97. The molecule has 0 spiro atoms. The van der Waals surface area contributed by atoms with Crippen LogP contribution in [-0.4, -0.2) is 16.2 Å². The molecule has 0 aliphatic heterocycles. The maximum absolute atomic E-state index is 13.1. The van der Waals surface area contributed by atoms with Crippen LogP contribution in [-0.2, 0) is 4.79 Å². The Morgan fingerprint density at radius 2 is 1.84 bits per heavy atom. The number of hydrogen-bond donors (Lipinski definition) is 2.